The fraction of sp³-hybridized carbons (Fsp3) is 0.387. The molecular formula is C31H37FO6. The lowest BCUT2D eigenvalue weighted by atomic mass is 10.1. The van der Waals surface area contributed by atoms with Crippen LogP contribution in [-0.2, 0) is 0 Å². The van der Waals surface area contributed by atoms with E-state index >= 15 is 0 Å². The van der Waals surface area contributed by atoms with Gasteiger partial charge in [0.15, 0.2) is 11.6 Å². The van der Waals surface area contributed by atoms with Gasteiger partial charge in [-0.05, 0) is 98.2 Å². The molecule has 38 heavy (non-hydrogen) atoms. The van der Waals surface area contributed by atoms with E-state index in [0.29, 0.717) is 30.1 Å². The van der Waals surface area contributed by atoms with Crippen LogP contribution in [0.5, 0.6) is 17.2 Å². The Morgan fingerprint density at radius 1 is 0.632 bits per heavy atom. The molecule has 0 saturated heterocycles. The van der Waals surface area contributed by atoms with Gasteiger partial charge in [-0.3, -0.25) is 0 Å². The van der Waals surface area contributed by atoms with Gasteiger partial charge in [-0.25, -0.2) is 9.18 Å². The lowest BCUT2D eigenvalue weighted by Crippen LogP contribution is -2.09. The molecule has 0 spiro atoms. The molecule has 0 aromatic heterocycles. The summed E-state index contributed by atoms with van der Waals surface area (Å²) < 4.78 is 31.4. The summed E-state index contributed by atoms with van der Waals surface area (Å²) in [7, 11) is 0. The average molecular weight is 525 g/mol. The van der Waals surface area contributed by atoms with Gasteiger partial charge in [-0.15, -0.1) is 0 Å². The van der Waals surface area contributed by atoms with Gasteiger partial charge < -0.3 is 24.4 Å². The van der Waals surface area contributed by atoms with Crippen LogP contribution in [0.25, 0.3) is 11.1 Å². The minimum Gasteiger partial charge on any atom is -0.494 e. The van der Waals surface area contributed by atoms with Gasteiger partial charge in [-0.1, -0.05) is 31.0 Å². The van der Waals surface area contributed by atoms with Crippen LogP contribution in [0.15, 0.2) is 66.7 Å². The van der Waals surface area contributed by atoms with Gasteiger partial charge in [-0.2, -0.15) is 0 Å². The van der Waals surface area contributed by atoms with Crippen molar-refractivity contribution in [2.45, 2.75) is 51.4 Å². The van der Waals surface area contributed by atoms with Gasteiger partial charge in [0, 0.05) is 13.2 Å². The third-order valence-electron chi connectivity index (χ3n) is 6.05. The summed E-state index contributed by atoms with van der Waals surface area (Å²) in [6.07, 6.45) is 7.41. The summed E-state index contributed by atoms with van der Waals surface area (Å²) in [6.45, 7) is 1.62. The molecule has 0 atom stereocenters. The quantitative estimate of drug-likeness (QED) is 0.118. The zero-order chi connectivity index (χ0) is 27.0. The molecule has 204 valence electrons. The Morgan fingerprint density at radius 2 is 1.13 bits per heavy atom. The van der Waals surface area contributed by atoms with Crippen molar-refractivity contribution < 1.29 is 33.6 Å². The number of benzene rings is 3. The smallest absolute Gasteiger partial charge is 0.343 e. The van der Waals surface area contributed by atoms with E-state index in [2.05, 4.69) is 0 Å². The van der Waals surface area contributed by atoms with Crippen LogP contribution in [0.2, 0.25) is 0 Å². The predicted molar refractivity (Wildman–Crippen MR) is 145 cm³/mol. The number of aliphatic hydroxyl groups excluding tert-OH is 2. The number of carbonyl (C=O) groups is 1. The van der Waals surface area contributed by atoms with Crippen molar-refractivity contribution in [3.05, 3.63) is 78.1 Å². The molecule has 0 unspecified atom stereocenters. The molecule has 2 N–H and O–H groups in total. The summed E-state index contributed by atoms with van der Waals surface area (Å²) in [5.41, 5.74) is 1.78. The van der Waals surface area contributed by atoms with Gasteiger partial charge >= 0.3 is 5.97 Å². The normalized spacial score (nSPS) is 10.8. The van der Waals surface area contributed by atoms with Gasteiger partial charge in [0.2, 0.25) is 0 Å². The van der Waals surface area contributed by atoms with Crippen molar-refractivity contribution in [1.82, 2.24) is 0 Å². The van der Waals surface area contributed by atoms with Gasteiger partial charge in [0.05, 0.1) is 18.8 Å². The molecule has 0 bridgehead atoms. The molecule has 0 heterocycles. The highest BCUT2D eigenvalue weighted by atomic mass is 19.1. The lowest BCUT2D eigenvalue weighted by Gasteiger charge is -2.10. The first-order valence-electron chi connectivity index (χ1n) is 13.3. The number of rotatable bonds is 17. The van der Waals surface area contributed by atoms with Crippen molar-refractivity contribution in [2.75, 3.05) is 26.4 Å². The molecular weight excluding hydrogens is 487 g/mol. The number of ether oxygens (including phenoxy) is 3. The second-order valence-electron chi connectivity index (χ2n) is 9.06. The summed E-state index contributed by atoms with van der Waals surface area (Å²) in [5.74, 6) is -0.0153. The number of carbonyl (C=O) groups excluding carboxylic acids is 1. The van der Waals surface area contributed by atoms with Crippen LogP contribution in [0.4, 0.5) is 4.39 Å². The first-order chi connectivity index (χ1) is 18.6. The maximum atomic E-state index is 14.7. The van der Waals surface area contributed by atoms with Crippen LogP contribution < -0.4 is 14.2 Å². The SMILES string of the molecule is O=C(Oc1ccc(-c2ccc(OCCCCCCO)cc2)cc1F)c1ccc(OCCCCCCO)cc1. The van der Waals surface area contributed by atoms with Crippen LogP contribution >= 0.6 is 0 Å². The van der Waals surface area contributed by atoms with E-state index in [1.807, 2.05) is 24.3 Å². The van der Waals surface area contributed by atoms with Crippen LogP contribution in [0.1, 0.15) is 61.7 Å². The molecule has 3 rings (SSSR count). The summed E-state index contributed by atoms with van der Waals surface area (Å²) in [6, 6.07) is 18.5. The average Bonchev–Trinajstić information content (AvgIpc) is 2.94. The molecule has 3 aromatic rings. The monoisotopic (exact) mass is 524 g/mol. The van der Waals surface area contributed by atoms with E-state index in [0.717, 1.165) is 62.7 Å². The highest BCUT2D eigenvalue weighted by Crippen LogP contribution is 2.28. The number of aliphatic hydroxyl groups is 2. The zero-order valence-corrected chi connectivity index (χ0v) is 21.7. The summed E-state index contributed by atoms with van der Waals surface area (Å²) >= 11 is 0. The Hall–Kier alpha value is -3.42. The van der Waals surface area contributed by atoms with Crippen molar-refractivity contribution >= 4 is 5.97 Å². The van der Waals surface area contributed by atoms with Crippen LogP contribution in [-0.4, -0.2) is 42.6 Å². The molecule has 0 aliphatic heterocycles. The maximum Gasteiger partial charge on any atom is 0.343 e. The zero-order valence-electron chi connectivity index (χ0n) is 21.7. The third-order valence-corrected chi connectivity index (χ3v) is 6.05. The van der Waals surface area contributed by atoms with E-state index in [9.17, 15) is 9.18 Å². The topological polar surface area (TPSA) is 85.2 Å². The predicted octanol–water partition coefficient (Wildman–Crippen LogP) is 6.57. The van der Waals surface area contributed by atoms with Crippen molar-refractivity contribution in [3.8, 4) is 28.4 Å². The highest BCUT2D eigenvalue weighted by Gasteiger charge is 2.13. The van der Waals surface area contributed by atoms with Crippen molar-refractivity contribution in [1.29, 1.82) is 0 Å². The maximum absolute atomic E-state index is 14.7. The standard InChI is InChI=1S/C31H37FO6/c32-29-23-26(24-9-14-27(15-10-24)36-21-7-3-1-5-19-33)13-18-30(29)38-31(35)25-11-16-28(17-12-25)37-22-8-4-2-6-20-34/h9-18,23,33-34H,1-8,19-22H2. The van der Waals surface area contributed by atoms with Gasteiger partial charge in [0.25, 0.3) is 0 Å². The number of hydrogen-bond donors (Lipinski definition) is 2. The second kappa shape index (κ2) is 16.4. The Bertz CT molecular complexity index is 1100. The van der Waals surface area contributed by atoms with E-state index < -0.39 is 11.8 Å². The fourth-order valence-corrected chi connectivity index (χ4v) is 3.87. The minimum atomic E-state index is -0.648. The van der Waals surface area contributed by atoms with Gasteiger partial charge in [0.1, 0.15) is 11.5 Å². The second-order valence-corrected chi connectivity index (χ2v) is 9.06. The molecule has 0 radical (unpaired) electrons. The molecule has 7 heteroatoms. The summed E-state index contributed by atoms with van der Waals surface area (Å²) in [4.78, 5) is 12.5. The van der Waals surface area contributed by atoms with Crippen molar-refractivity contribution in [3.63, 3.8) is 0 Å². The van der Waals surface area contributed by atoms with Crippen LogP contribution in [0, 0.1) is 5.82 Å². The van der Waals surface area contributed by atoms with E-state index in [-0.39, 0.29) is 19.0 Å². The number of unbranched alkanes of at least 4 members (excludes halogenated alkanes) is 6. The Kier molecular flexibility index (Phi) is 12.6. The van der Waals surface area contributed by atoms with E-state index in [4.69, 9.17) is 24.4 Å². The molecule has 0 fully saturated rings. The van der Waals surface area contributed by atoms with Crippen LogP contribution in [0.3, 0.4) is 0 Å². The third kappa shape index (κ3) is 9.80. The number of esters is 1. The first-order valence-corrected chi connectivity index (χ1v) is 13.3. The molecule has 0 amide bonds. The largest absolute Gasteiger partial charge is 0.494 e. The molecule has 6 nitrogen and oxygen atoms in total. The number of halogens is 1. The fourth-order valence-electron chi connectivity index (χ4n) is 3.87. The van der Waals surface area contributed by atoms with E-state index in [1.165, 1.54) is 12.1 Å². The first kappa shape index (κ1) is 29.1. The molecule has 3 aromatic carbocycles. The minimum absolute atomic E-state index is 0.136. The molecule has 0 aliphatic carbocycles. The highest BCUT2D eigenvalue weighted by molar-refractivity contribution is 5.91. The van der Waals surface area contributed by atoms with Crippen molar-refractivity contribution in [2.24, 2.45) is 0 Å². The molecule has 0 aliphatic rings. The summed E-state index contributed by atoms with van der Waals surface area (Å²) in [5, 5.41) is 17.6. The Labute approximate surface area is 224 Å². The molecule has 0 saturated carbocycles. The Morgan fingerprint density at radius 3 is 1.66 bits per heavy atom. The van der Waals surface area contributed by atoms with E-state index in [1.54, 1.807) is 30.3 Å². The number of hydrogen-bond acceptors (Lipinski definition) is 6. The lowest BCUT2D eigenvalue weighted by molar-refractivity contribution is 0.0728. The Balaban J connectivity index is 1.48.